The number of aliphatic carboxylic acids is 4. The Balaban J connectivity index is 5.22. The molecule has 0 fully saturated rings. The highest BCUT2D eigenvalue weighted by Gasteiger charge is 2.33. The Kier molecular flexibility index (Phi) is 30.3. The van der Waals surface area contributed by atoms with Crippen LogP contribution in [0.4, 0.5) is 0 Å². The summed E-state index contributed by atoms with van der Waals surface area (Å²) in [6.45, 7) is 9.13. The molecule has 0 aromatic carbocycles. The molecule has 0 aliphatic carbocycles. The van der Waals surface area contributed by atoms with Crippen molar-refractivity contribution in [3.05, 3.63) is 0 Å². The Morgan fingerprint density at radius 3 is 1.00 bits per heavy atom. The molecule has 4 atom stereocenters. The van der Waals surface area contributed by atoms with E-state index in [1.807, 2.05) is 0 Å². The van der Waals surface area contributed by atoms with Crippen LogP contribution in [0.5, 0.6) is 0 Å². The molecule has 21 nitrogen and oxygen atoms in total. The number of hydrogen-bond donors (Lipinski definition) is 8. The number of rotatable bonds is 39. The summed E-state index contributed by atoms with van der Waals surface area (Å²) >= 11 is 0. The molecule has 0 unspecified atom stereocenters. The van der Waals surface area contributed by atoms with Crippen LogP contribution in [-0.2, 0) is 61.9 Å². The molecule has 316 valence electrons. The standard InChI is InChI=1S/C33H62N4O17/c1-24(29(39)40)34-5-8-47-11-15-51-20-33(21-52-16-12-48-9-6-35-25(2)30(41)42,22-53-17-13-49-10-7-36-26(3)31(43)44)23-54-18-14-50-19-28(38)37-27(4)32(45)46/h24-27,34-36H,5-23H2,1-4H3,(H,37,38)(H,39,40)(H,41,42)(H,43,44)(H,45,46)/t24-,25-,26-,27-/m0/s1. The van der Waals surface area contributed by atoms with Crippen LogP contribution in [0.15, 0.2) is 0 Å². The van der Waals surface area contributed by atoms with Crippen molar-refractivity contribution in [2.24, 2.45) is 5.41 Å². The summed E-state index contributed by atoms with van der Waals surface area (Å²) < 4.78 is 45.7. The summed E-state index contributed by atoms with van der Waals surface area (Å²) in [7, 11) is 0. The molecule has 0 aromatic rings. The van der Waals surface area contributed by atoms with Gasteiger partial charge in [-0.2, -0.15) is 0 Å². The van der Waals surface area contributed by atoms with Crippen molar-refractivity contribution in [3.63, 3.8) is 0 Å². The minimum absolute atomic E-state index is 0.0284. The van der Waals surface area contributed by atoms with Crippen LogP contribution in [0.2, 0.25) is 0 Å². The molecule has 0 rings (SSSR count). The molecule has 0 bridgehead atoms. The van der Waals surface area contributed by atoms with Crippen LogP contribution in [0.1, 0.15) is 27.7 Å². The van der Waals surface area contributed by atoms with Gasteiger partial charge in [-0.05, 0) is 27.7 Å². The molecular formula is C33H62N4O17. The fourth-order valence-corrected chi connectivity index (χ4v) is 4.00. The van der Waals surface area contributed by atoms with E-state index in [1.165, 1.54) is 27.7 Å². The number of ether oxygens (including phenoxy) is 8. The van der Waals surface area contributed by atoms with E-state index >= 15 is 0 Å². The average molecular weight is 787 g/mol. The fraction of sp³-hybridized carbons (Fsp3) is 0.848. The van der Waals surface area contributed by atoms with E-state index < -0.39 is 59.4 Å². The summed E-state index contributed by atoms with van der Waals surface area (Å²) in [5, 5.41) is 46.6. The van der Waals surface area contributed by atoms with Gasteiger partial charge in [0.15, 0.2) is 0 Å². The quantitative estimate of drug-likeness (QED) is 0.0309. The van der Waals surface area contributed by atoms with Gasteiger partial charge in [0, 0.05) is 19.6 Å². The van der Waals surface area contributed by atoms with E-state index in [9.17, 15) is 24.0 Å². The van der Waals surface area contributed by atoms with Gasteiger partial charge in [0.1, 0.15) is 30.8 Å². The van der Waals surface area contributed by atoms with Gasteiger partial charge in [-0.1, -0.05) is 0 Å². The molecule has 0 saturated heterocycles. The van der Waals surface area contributed by atoms with Crippen molar-refractivity contribution in [3.8, 4) is 0 Å². The van der Waals surface area contributed by atoms with Gasteiger partial charge in [0.2, 0.25) is 5.91 Å². The Morgan fingerprint density at radius 2 is 0.704 bits per heavy atom. The zero-order valence-corrected chi connectivity index (χ0v) is 31.8. The summed E-state index contributed by atoms with van der Waals surface area (Å²) in [6.07, 6.45) is 0. The lowest BCUT2D eigenvalue weighted by Gasteiger charge is -2.33. The van der Waals surface area contributed by atoms with Gasteiger partial charge in [-0.15, -0.1) is 0 Å². The van der Waals surface area contributed by atoms with Crippen molar-refractivity contribution >= 4 is 29.8 Å². The second-order valence-corrected chi connectivity index (χ2v) is 12.3. The maximum atomic E-state index is 11.9. The van der Waals surface area contributed by atoms with Gasteiger partial charge in [0.25, 0.3) is 0 Å². The number of carboxylic acids is 4. The lowest BCUT2D eigenvalue weighted by Crippen LogP contribution is -2.43. The lowest BCUT2D eigenvalue weighted by molar-refractivity contribution is -0.142. The molecule has 0 saturated carbocycles. The first-order chi connectivity index (χ1) is 25.7. The number of hydrogen-bond acceptors (Lipinski definition) is 16. The number of carbonyl (C=O) groups excluding carboxylic acids is 1. The number of carboxylic acid groups (broad SMARTS) is 4. The average Bonchev–Trinajstić information content (AvgIpc) is 3.12. The van der Waals surface area contributed by atoms with Crippen LogP contribution in [0.3, 0.4) is 0 Å². The zero-order chi connectivity index (χ0) is 40.6. The third-order valence-electron chi connectivity index (χ3n) is 7.30. The molecule has 0 spiro atoms. The summed E-state index contributed by atoms with van der Waals surface area (Å²) in [4.78, 5) is 55.7. The second-order valence-electron chi connectivity index (χ2n) is 12.3. The third kappa shape index (κ3) is 28.4. The molecule has 0 aromatic heterocycles. The molecule has 8 N–H and O–H groups in total. The number of carbonyl (C=O) groups is 5. The predicted molar refractivity (Wildman–Crippen MR) is 190 cm³/mol. The lowest BCUT2D eigenvalue weighted by atomic mass is 9.92. The highest BCUT2D eigenvalue weighted by atomic mass is 16.6. The van der Waals surface area contributed by atoms with Crippen molar-refractivity contribution in [1.82, 2.24) is 21.3 Å². The predicted octanol–water partition coefficient (Wildman–Crippen LogP) is -2.12. The number of nitrogens with one attached hydrogen (secondary N) is 4. The highest BCUT2D eigenvalue weighted by molar-refractivity contribution is 5.83. The Bertz CT molecular complexity index is 952. The molecule has 21 heteroatoms. The van der Waals surface area contributed by atoms with E-state index in [1.54, 1.807) is 0 Å². The summed E-state index contributed by atoms with van der Waals surface area (Å²) in [5.41, 5.74) is -0.857. The SMILES string of the molecule is C[C@H](NCCOCCOCC(COCCOCCN[C@@H](C)C(=O)O)(COCCOCCN[C@@H](C)C(=O)O)COCCOCC(=O)N[C@@H](C)C(=O)O)C(=O)O. The van der Waals surface area contributed by atoms with Gasteiger partial charge in [0.05, 0.1) is 105 Å². The Hall–Kier alpha value is -3.09. The Labute approximate surface area is 316 Å². The molecule has 0 aliphatic heterocycles. The van der Waals surface area contributed by atoms with Crippen LogP contribution in [-0.4, -0.2) is 200 Å². The maximum absolute atomic E-state index is 11.9. The monoisotopic (exact) mass is 786 g/mol. The van der Waals surface area contributed by atoms with Gasteiger partial charge in [-0.3, -0.25) is 24.0 Å². The van der Waals surface area contributed by atoms with Gasteiger partial charge >= 0.3 is 23.9 Å². The van der Waals surface area contributed by atoms with Crippen molar-refractivity contribution in [2.45, 2.75) is 51.9 Å². The first-order valence-electron chi connectivity index (χ1n) is 17.7. The second kappa shape index (κ2) is 32.2. The van der Waals surface area contributed by atoms with Crippen LogP contribution >= 0.6 is 0 Å². The first kappa shape index (κ1) is 50.9. The highest BCUT2D eigenvalue weighted by Crippen LogP contribution is 2.21. The van der Waals surface area contributed by atoms with Crippen molar-refractivity contribution in [2.75, 3.05) is 125 Å². The molecule has 1 amide bonds. The zero-order valence-electron chi connectivity index (χ0n) is 31.8. The Morgan fingerprint density at radius 1 is 0.426 bits per heavy atom. The molecular weight excluding hydrogens is 724 g/mol. The molecule has 54 heavy (non-hydrogen) atoms. The molecule has 0 aliphatic rings. The third-order valence-corrected chi connectivity index (χ3v) is 7.30. The minimum atomic E-state index is -1.17. The molecule has 0 radical (unpaired) electrons. The number of amides is 1. The largest absolute Gasteiger partial charge is 0.480 e. The van der Waals surface area contributed by atoms with E-state index in [0.717, 1.165) is 0 Å². The van der Waals surface area contributed by atoms with Gasteiger partial charge in [-0.25, -0.2) is 0 Å². The minimum Gasteiger partial charge on any atom is -0.480 e. The van der Waals surface area contributed by atoms with Crippen molar-refractivity contribution < 1.29 is 82.3 Å². The summed E-state index contributed by atoms with van der Waals surface area (Å²) in [5.74, 6) is -4.66. The first-order valence-corrected chi connectivity index (χ1v) is 17.7. The fourth-order valence-electron chi connectivity index (χ4n) is 4.00. The topological polar surface area (TPSA) is 288 Å². The summed E-state index contributed by atoms with van der Waals surface area (Å²) in [6, 6.07) is -3.19. The van der Waals surface area contributed by atoms with E-state index in [2.05, 4.69) is 21.3 Å². The van der Waals surface area contributed by atoms with Gasteiger partial charge < -0.3 is 79.6 Å². The smallest absolute Gasteiger partial charge is 0.325 e. The maximum Gasteiger partial charge on any atom is 0.325 e. The van der Waals surface area contributed by atoms with Crippen molar-refractivity contribution in [1.29, 1.82) is 0 Å². The van der Waals surface area contributed by atoms with Crippen LogP contribution in [0.25, 0.3) is 0 Å². The van der Waals surface area contributed by atoms with E-state index in [4.69, 9.17) is 58.3 Å². The normalized spacial score (nSPS) is 13.9. The van der Waals surface area contributed by atoms with Crippen LogP contribution < -0.4 is 21.3 Å². The van der Waals surface area contributed by atoms with E-state index in [-0.39, 0.29) is 106 Å². The van der Waals surface area contributed by atoms with E-state index in [0.29, 0.717) is 19.6 Å². The van der Waals surface area contributed by atoms with Crippen LogP contribution in [0, 0.1) is 5.41 Å². The molecule has 0 heterocycles.